The van der Waals surface area contributed by atoms with Crippen molar-refractivity contribution in [2.75, 3.05) is 13.1 Å². The average molecular weight is 494 g/mol. The molecule has 8 nitrogen and oxygen atoms in total. The summed E-state index contributed by atoms with van der Waals surface area (Å²) in [6, 6.07) is 20.0. The highest BCUT2D eigenvalue weighted by Crippen LogP contribution is 2.25. The topological polar surface area (TPSA) is 97.2 Å². The van der Waals surface area contributed by atoms with Crippen LogP contribution in [0.1, 0.15) is 29.0 Å². The molecular weight excluding hydrogens is 470 g/mol. The molecule has 34 heavy (non-hydrogen) atoms. The molecule has 1 saturated heterocycles. The highest BCUT2D eigenvalue weighted by atomic mass is 32.2. The second-order valence-electron chi connectivity index (χ2n) is 7.92. The van der Waals surface area contributed by atoms with E-state index in [9.17, 15) is 13.2 Å². The predicted octanol–water partition coefficient (Wildman–Crippen LogP) is 3.71. The second-order valence-corrected chi connectivity index (χ2v) is 10.8. The first-order valence-electron chi connectivity index (χ1n) is 11.0. The van der Waals surface area contributed by atoms with E-state index in [2.05, 4.69) is 15.4 Å². The van der Waals surface area contributed by atoms with E-state index in [0.717, 1.165) is 29.0 Å². The lowest BCUT2D eigenvalue weighted by molar-refractivity contribution is 0.0940. The van der Waals surface area contributed by atoms with Gasteiger partial charge in [0.15, 0.2) is 5.82 Å². The number of carbonyl (C=O) groups is 1. The molecular formula is C24H23N5O3S2. The smallest absolute Gasteiger partial charge is 0.291 e. The van der Waals surface area contributed by atoms with Crippen molar-refractivity contribution in [3.63, 3.8) is 0 Å². The molecule has 174 valence electrons. The largest absolute Gasteiger partial charge is 0.345 e. The van der Waals surface area contributed by atoms with Crippen molar-refractivity contribution in [1.29, 1.82) is 0 Å². The quantitative estimate of drug-likeness (QED) is 0.423. The van der Waals surface area contributed by atoms with Crippen molar-refractivity contribution < 1.29 is 13.2 Å². The molecule has 0 atom stereocenters. The van der Waals surface area contributed by atoms with Gasteiger partial charge >= 0.3 is 0 Å². The molecule has 0 spiro atoms. The molecule has 0 bridgehead atoms. The third-order valence-corrected chi connectivity index (χ3v) is 8.41. The number of aromatic nitrogens is 3. The maximum Gasteiger partial charge on any atom is 0.291 e. The van der Waals surface area contributed by atoms with Gasteiger partial charge in [-0.1, -0.05) is 36.4 Å². The summed E-state index contributed by atoms with van der Waals surface area (Å²) < 4.78 is 28.6. The number of para-hydroxylation sites is 1. The predicted molar refractivity (Wildman–Crippen MR) is 130 cm³/mol. The van der Waals surface area contributed by atoms with Crippen molar-refractivity contribution in [2.45, 2.75) is 24.3 Å². The third kappa shape index (κ3) is 4.52. The van der Waals surface area contributed by atoms with Gasteiger partial charge in [0.25, 0.3) is 5.91 Å². The lowest BCUT2D eigenvalue weighted by atomic mass is 10.2. The molecule has 1 N–H and O–H groups in total. The number of benzene rings is 2. The van der Waals surface area contributed by atoms with Gasteiger partial charge in [-0.2, -0.15) is 4.31 Å². The highest BCUT2D eigenvalue weighted by Gasteiger charge is 2.27. The van der Waals surface area contributed by atoms with E-state index >= 15 is 0 Å². The number of amides is 1. The SMILES string of the molecule is O=C(NCc1ccc(S(=O)(=O)N2CCCC2)cc1)c1nc(-c2cccs2)n(-c2ccccc2)n1. The summed E-state index contributed by atoms with van der Waals surface area (Å²) in [4.78, 5) is 18.5. The zero-order chi connectivity index (χ0) is 23.5. The molecule has 0 aliphatic carbocycles. The van der Waals surface area contributed by atoms with Gasteiger partial charge in [0.2, 0.25) is 15.8 Å². The molecule has 1 aliphatic rings. The van der Waals surface area contributed by atoms with E-state index in [-0.39, 0.29) is 17.3 Å². The summed E-state index contributed by atoms with van der Waals surface area (Å²) in [5.74, 6) is 0.268. The molecule has 10 heteroatoms. The van der Waals surface area contributed by atoms with Crippen molar-refractivity contribution in [3.05, 3.63) is 83.5 Å². The Morgan fingerprint density at radius 2 is 1.71 bits per heavy atom. The van der Waals surface area contributed by atoms with Crippen LogP contribution >= 0.6 is 11.3 Å². The Bertz CT molecular complexity index is 1380. The Balaban J connectivity index is 1.31. The normalized spacial score (nSPS) is 14.4. The molecule has 2 aromatic carbocycles. The van der Waals surface area contributed by atoms with Crippen LogP contribution < -0.4 is 5.32 Å². The first-order chi connectivity index (χ1) is 16.5. The lowest BCUT2D eigenvalue weighted by Gasteiger charge is -2.15. The monoisotopic (exact) mass is 493 g/mol. The van der Waals surface area contributed by atoms with E-state index < -0.39 is 15.9 Å². The van der Waals surface area contributed by atoms with Crippen molar-refractivity contribution in [1.82, 2.24) is 24.4 Å². The van der Waals surface area contributed by atoms with Crippen molar-refractivity contribution in [2.24, 2.45) is 0 Å². The van der Waals surface area contributed by atoms with E-state index in [1.807, 2.05) is 47.8 Å². The highest BCUT2D eigenvalue weighted by molar-refractivity contribution is 7.89. The molecule has 5 rings (SSSR count). The lowest BCUT2D eigenvalue weighted by Crippen LogP contribution is -2.28. The fourth-order valence-corrected chi connectivity index (χ4v) is 6.06. The minimum atomic E-state index is -3.46. The van der Waals surface area contributed by atoms with Crippen molar-refractivity contribution in [3.8, 4) is 16.4 Å². The van der Waals surface area contributed by atoms with Crippen LogP contribution in [0.4, 0.5) is 0 Å². The molecule has 0 radical (unpaired) electrons. The Hall–Kier alpha value is -3.34. The van der Waals surface area contributed by atoms with Crippen LogP contribution in [0.25, 0.3) is 16.4 Å². The Kier molecular flexibility index (Phi) is 6.27. The van der Waals surface area contributed by atoms with Gasteiger partial charge in [-0.15, -0.1) is 16.4 Å². The summed E-state index contributed by atoms with van der Waals surface area (Å²) in [6.45, 7) is 1.36. The van der Waals surface area contributed by atoms with Crippen LogP contribution in [-0.2, 0) is 16.6 Å². The van der Waals surface area contributed by atoms with Gasteiger partial charge < -0.3 is 5.32 Å². The number of hydrogen-bond donors (Lipinski definition) is 1. The van der Waals surface area contributed by atoms with Gasteiger partial charge in [0.1, 0.15) is 0 Å². The number of hydrogen-bond acceptors (Lipinski definition) is 6. The molecule has 2 aromatic heterocycles. The third-order valence-electron chi connectivity index (χ3n) is 5.63. The fourth-order valence-electron chi connectivity index (χ4n) is 3.84. The van der Waals surface area contributed by atoms with Crippen LogP contribution in [0.3, 0.4) is 0 Å². The average Bonchev–Trinajstić information content (AvgIpc) is 3.64. The molecule has 1 amide bonds. The van der Waals surface area contributed by atoms with Gasteiger partial charge in [-0.25, -0.2) is 18.1 Å². The Morgan fingerprint density at radius 3 is 2.38 bits per heavy atom. The molecule has 0 saturated carbocycles. The number of rotatable bonds is 7. The number of thiophene rings is 1. The summed E-state index contributed by atoms with van der Waals surface area (Å²) >= 11 is 1.52. The summed E-state index contributed by atoms with van der Waals surface area (Å²) in [5.41, 5.74) is 1.60. The van der Waals surface area contributed by atoms with Crippen LogP contribution in [0.15, 0.2) is 77.0 Å². The summed E-state index contributed by atoms with van der Waals surface area (Å²) in [6.07, 6.45) is 1.79. The number of nitrogens with one attached hydrogen (secondary N) is 1. The molecule has 1 aliphatic heterocycles. The van der Waals surface area contributed by atoms with Gasteiger partial charge in [-0.3, -0.25) is 4.79 Å². The first kappa shape index (κ1) is 22.5. The van der Waals surface area contributed by atoms with E-state index in [0.29, 0.717) is 18.9 Å². The van der Waals surface area contributed by atoms with E-state index in [4.69, 9.17) is 0 Å². The van der Waals surface area contributed by atoms with Crippen LogP contribution in [0.2, 0.25) is 0 Å². The standard InChI is InChI=1S/C24H23N5O3S2/c30-24(25-17-18-10-12-20(13-11-18)34(31,32)28-14-4-5-15-28)22-26-23(21-9-6-16-33-21)29(27-22)19-7-2-1-3-8-19/h1-3,6-13,16H,4-5,14-15,17H2,(H,25,30). The number of sulfonamides is 1. The maximum absolute atomic E-state index is 12.8. The van der Waals surface area contributed by atoms with Gasteiger partial charge in [-0.05, 0) is 54.1 Å². The molecule has 0 unspecified atom stereocenters. The number of carbonyl (C=O) groups excluding carboxylic acids is 1. The molecule has 4 aromatic rings. The molecule has 3 heterocycles. The minimum absolute atomic E-state index is 0.0699. The molecule has 1 fully saturated rings. The fraction of sp³-hybridized carbons (Fsp3) is 0.208. The van der Waals surface area contributed by atoms with Crippen LogP contribution in [-0.4, -0.2) is 46.5 Å². The summed E-state index contributed by atoms with van der Waals surface area (Å²) in [5, 5.41) is 9.24. The van der Waals surface area contributed by atoms with Crippen LogP contribution in [0.5, 0.6) is 0 Å². The van der Waals surface area contributed by atoms with Crippen molar-refractivity contribution >= 4 is 27.3 Å². The zero-order valence-electron chi connectivity index (χ0n) is 18.3. The number of nitrogens with zero attached hydrogens (tertiary/aromatic N) is 4. The Labute approximate surface area is 201 Å². The first-order valence-corrected chi connectivity index (χ1v) is 13.3. The zero-order valence-corrected chi connectivity index (χ0v) is 19.9. The van der Waals surface area contributed by atoms with Crippen LogP contribution in [0, 0.1) is 0 Å². The minimum Gasteiger partial charge on any atom is -0.345 e. The maximum atomic E-state index is 12.8. The van der Waals surface area contributed by atoms with Gasteiger partial charge in [0.05, 0.1) is 15.5 Å². The Morgan fingerprint density at radius 1 is 0.971 bits per heavy atom. The summed E-state index contributed by atoms with van der Waals surface area (Å²) in [7, 11) is -3.46. The van der Waals surface area contributed by atoms with E-state index in [1.54, 1.807) is 28.9 Å². The van der Waals surface area contributed by atoms with Gasteiger partial charge in [0, 0.05) is 19.6 Å². The second kappa shape index (κ2) is 9.49. The van der Waals surface area contributed by atoms with E-state index in [1.165, 1.54) is 15.6 Å².